The maximum atomic E-state index is 11.7. The number of unbranched alkanes of at least 4 members (excludes halogenated alkanes) is 2. The molecule has 1 aliphatic heterocycles. The summed E-state index contributed by atoms with van der Waals surface area (Å²) >= 11 is 1.20. The van der Waals surface area contributed by atoms with Crippen molar-refractivity contribution in [3.63, 3.8) is 0 Å². The molecule has 0 N–H and O–H groups in total. The highest BCUT2D eigenvalue weighted by Crippen LogP contribution is 2.42. The fourth-order valence-corrected chi connectivity index (χ4v) is 1.80. The predicted octanol–water partition coefficient (Wildman–Crippen LogP) is 2.87. The number of esters is 1. The molecule has 0 aromatic heterocycles. The first kappa shape index (κ1) is 13.8. The van der Waals surface area contributed by atoms with E-state index in [0.717, 1.165) is 25.7 Å². The second-order valence-corrected chi connectivity index (χ2v) is 5.48. The molecular weight excluding hydrogens is 228 g/mol. The zero-order valence-corrected chi connectivity index (χ0v) is 11.2. The van der Waals surface area contributed by atoms with E-state index in [-0.39, 0.29) is 0 Å². The van der Waals surface area contributed by atoms with Crippen LogP contribution in [0.3, 0.4) is 0 Å². The first-order valence-corrected chi connectivity index (χ1v) is 6.84. The van der Waals surface area contributed by atoms with Crippen LogP contribution in [0.25, 0.3) is 0 Å². The first-order valence-electron chi connectivity index (χ1n) is 5.61. The van der Waals surface area contributed by atoms with E-state index in [2.05, 4.69) is 16.7 Å². The Morgan fingerprint density at radius 1 is 1.38 bits per heavy atom. The summed E-state index contributed by atoms with van der Waals surface area (Å²) in [4.78, 5) is 21.0. The molecule has 0 bridgehead atoms. The van der Waals surface area contributed by atoms with Gasteiger partial charge in [0, 0.05) is 0 Å². The Kier molecular flexibility index (Phi) is 4.64. The van der Waals surface area contributed by atoms with Gasteiger partial charge in [-0.15, -0.1) is 0 Å². The van der Waals surface area contributed by atoms with E-state index in [1.807, 2.05) is 13.8 Å². The van der Waals surface area contributed by atoms with Crippen LogP contribution in [0.15, 0.2) is 0 Å². The molecule has 0 atom stereocenters. The van der Waals surface area contributed by atoms with Gasteiger partial charge >= 0.3 is 11.1 Å². The van der Waals surface area contributed by atoms with E-state index in [9.17, 15) is 4.79 Å². The molecule has 0 amide bonds. The molecule has 0 aromatic carbocycles. The summed E-state index contributed by atoms with van der Waals surface area (Å²) in [5, 5.41) is -1.19. The molecule has 0 spiro atoms. The zero-order valence-electron chi connectivity index (χ0n) is 10.4. The van der Waals surface area contributed by atoms with Gasteiger partial charge in [0.1, 0.15) is 5.60 Å². The van der Waals surface area contributed by atoms with Gasteiger partial charge in [-0.1, -0.05) is 31.5 Å². The molecule has 1 heterocycles. The molecule has 94 valence electrons. The fourth-order valence-electron chi connectivity index (χ4n) is 1.42. The molecule has 0 saturated carbocycles. The number of hydrogen-bond donors (Lipinski definition) is 0. The van der Waals surface area contributed by atoms with Crippen LogP contribution >= 0.6 is 11.8 Å². The van der Waals surface area contributed by atoms with Crippen LogP contribution in [0.2, 0.25) is 0 Å². The van der Waals surface area contributed by atoms with Crippen molar-refractivity contribution in [1.29, 1.82) is 0 Å². The summed E-state index contributed by atoms with van der Waals surface area (Å²) < 4.78 is 5.39. The van der Waals surface area contributed by atoms with Gasteiger partial charge < -0.3 is 4.74 Å². The van der Waals surface area contributed by atoms with Crippen LogP contribution in [0, 0.1) is 0 Å². The quantitative estimate of drug-likeness (QED) is 0.300. The number of ether oxygens (including phenoxy) is 1. The van der Waals surface area contributed by atoms with Crippen LogP contribution in [0.5, 0.6) is 0 Å². The second-order valence-electron chi connectivity index (χ2n) is 4.53. The average Bonchev–Trinajstić information content (AvgIpc) is 2.97. The molecule has 1 rings (SSSR count). The fraction of sp³-hybridized carbons (Fsp3) is 0.909. The molecule has 16 heavy (non-hydrogen) atoms. The highest BCUT2D eigenvalue weighted by Gasteiger charge is 2.59. The summed E-state index contributed by atoms with van der Waals surface area (Å²) in [6, 6.07) is 0. The SMILES string of the molecule is CCCCCC(C)(C)OC(=O)C1(SC)OO1. The van der Waals surface area contributed by atoms with Gasteiger partial charge in [-0.05, 0) is 32.9 Å². The Labute approximate surface area is 101 Å². The van der Waals surface area contributed by atoms with Gasteiger partial charge in [-0.25, -0.2) is 4.79 Å². The Balaban J connectivity index is 2.37. The largest absolute Gasteiger partial charge is 0.455 e. The summed E-state index contributed by atoms with van der Waals surface area (Å²) in [5.74, 6) is -0.443. The van der Waals surface area contributed by atoms with Crippen molar-refractivity contribution < 1.29 is 19.3 Å². The van der Waals surface area contributed by atoms with E-state index in [4.69, 9.17) is 4.74 Å². The molecule has 0 unspecified atom stereocenters. The van der Waals surface area contributed by atoms with Crippen molar-refractivity contribution >= 4 is 17.7 Å². The van der Waals surface area contributed by atoms with E-state index in [1.165, 1.54) is 11.8 Å². The maximum absolute atomic E-state index is 11.7. The van der Waals surface area contributed by atoms with Crippen molar-refractivity contribution in [2.24, 2.45) is 0 Å². The summed E-state index contributed by atoms with van der Waals surface area (Å²) in [7, 11) is 0. The van der Waals surface area contributed by atoms with Gasteiger partial charge in [0.05, 0.1) is 0 Å². The lowest BCUT2D eigenvalue weighted by Gasteiger charge is -2.25. The normalized spacial score (nSPS) is 18.2. The van der Waals surface area contributed by atoms with Crippen molar-refractivity contribution in [3.05, 3.63) is 0 Å². The van der Waals surface area contributed by atoms with E-state index in [1.54, 1.807) is 6.26 Å². The van der Waals surface area contributed by atoms with Crippen LogP contribution in [-0.2, 0) is 19.3 Å². The van der Waals surface area contributed by atoms with Crippen LogP contribution in [-0.4, -0.2) is 22.9 Å². The number of thioether (sulfide) groups is 1. The minimum atomic E-state index is -1.19. The van der Waals surface area contributed by atoms with Gasteiger partial charge in [0.25, 0.3) is 0 Å². The molecule has 0 aromatic rings. The highest BCUT2D eigenvalue weighted by molar-refractivity contribution is 8.00. The van der Waals surface area contributed by atoms with Crippen LogP contribution in [0.4, 0.5) is 0 Å². The minimum Gasteiger partial charge on any atom is -0.455 e. The molecule has 5 heteroatoms. The number of rotatable bonds is 7. The van der Waals surface area contributed by atoms with Crippen molar-refractivity contribution in [2.45, 2.75) is 57.2 Å². The molecule has 0 radical (unpaired) electrons. The molecule has 1 saturated heterocycles. The van der Waals surface area contributed by atoms with Crippen LogP contribution in [0.1, 0.15) is 46.5 Å². The van der Waals surface area contributed by atoms with E-state index >= 15 is 0 Å². The lowest BCUT2D eigenvalue weighted by molar-refractivity contribution is -0.160. The Morgan fingerprint density at radius 3 is 2.44 bits per heavy atom. The Bertz CT molecular complexity index is 248. The second kappa shape index (κ2) is 5.38. The summed E-state index contributed by atoms with van der Waals surface area (Å²) in [6.07, 6.45) is 5.98. The Hall–Kier alpha value is -0.260. The van der Waals surface area contributed by atoms with Gasteiger partial charge in [0.15, 0.2) is 0 Å². The average molecular weight is 248 g/mol. The summed E-state index contributed by atoms with van der Waals surface area (Å²) in [5.41, 5.74) is -0.454. The third-order valence-corrected chi connectivity index (χ3v) is 3.35. The van der Waals surface area contributed by atoms with Crippen molar-refractivity contribution in [2.75, 3.05) is 6.26 Å². The standard InChI is InChI=1S/C11H20O4S/c1-5-6-7-8-10(2,3)13-9(12)11(16-4)14-15-11/h5-8H2,1-4H3. The van der Waals surface area contributed by atoms with Gasteiger partial charge in [0.2, 0.25) is 0 Å². The number of carbonyl (C=O) groups is 1. The topological polar surface area (TPSA) is 51.4 Å². The maximum Gasteiger partial charge on any atom is 0.384 e. The lowest BCUT2D eigenvalue weighted by Crippen LogP contribution is -2.34. The minimum absolute atomic E-state index is 0.443. The summed E-state index contributed by atoms with van der Waals surface area (Å²) in [6.45, 7) is 5.97. The van der Waals surface area contributed by atoms with Crippen molar-refractivity contribution in [3.8, 4) is 0 Å². The molecule has 1 aliphatic rings. The molecule has 0 aliphatic carbocycles. The molecular formula is C11H20O4S. The monoisotopic (exact) mass is 248 g/mol. The highest BCUT2D eigenvalue weighted by atomic mass is 32.2. The lowest BCUT2D eigenvalue weighted by atomic mass is 10.0. The smallest absolute Gasteiger partial charge is 0.384 e. The zero-order chi connectivity index (χ0) is 12.2. The Morgan fingerprint density at radius 2 is 2.00 bits per heavy atom. The van der Waals surface area contributed by atoms with E-state index in [0.29, 0.717) is 0 Å². The van der Waals surface area contributed by atoms with Gasteiger partial charge in [-0.2, -0.15) is 9.78 Å². The number of hydrogen-bond acceptors (Lipinski definition) is 5. The first-order chi connectivity index (χ1) is 7.46. The van der Waals surface area contributed by atoms with Crippen molar-refractivity contribution in [1.82, 2.24) is 0 Å². The van der Waals surface area contributed by atoms with E-state index < -0.39 is 16.7 Å². The van der Waals surface area contributed by atoms with Crippen LogP contribution < -0.4 is 0 Å². The van der Waals surface area contributed by atoms with Gasteiger partial charge in [-0.3, -0.25) is 0 Å². The predicted molar refractivity (Wildman–Crippen MR) is 62.7 cm³/mol. The third-order valence-electron chi connectivity index (χ3n) is 2.50. The third kappa shape index (κ3) is 3.64. The number of carbonyl (C=O) groups excluding carboxylic acids is 1. The molecule has 4 nitrogen and oxygen atoms in total. The molecule has 1 fully saturated rings.